The fourth-order valence-corrected chi connectivity index (χ4v) is 2.80. The predicted molar refractivity (Wildman–Crippen MR) is 79.7 cm³/mol. The number of carbonyl (C=O) groups is 1. The van der Waals surface area contributed by atoms with Gasteiger partial charge < -0.3 is 14.2 Å². The molecule has 0 radical (unpaired) electrons. The molecule has 5 heteroatoms. The Bertz CT molecular complexity index is 483. The minimum atomic E-state index is -0.539. The van der Waals surface area contributed by atoms with Gasteiger partial charge >= 0.3 is 5.97 Å². The lowest BCUT2D eigenvalue weighted by Gasteiger charge is -2.23. The van der Waals surface area contributed by atoms with Crippen LogP contribution in [0.5, 0.6) is 11.5 Å². The Morgan fingerprint density at radius 2 is 1.90 bits per heavy atom. The summed E-state index contributed by atoms with van der Waals surface area (Å²) in [4.78, 5) is 12.2. The second-order valence-electron chi connectivity index (χ2n) is 5.21. The molecular weight excluding hydrogens is 270 g/mol. The van der Waals surface area contributed by atoms with Crippen molar-refractivity contribution in [3.63, 3.8) is 0 Å². The summed E-state index contributed by atoms with van der Waals surface area (Å²) in [5.41, 5.74) is 0.746. The van der Waals surface area contributed by atoms with E-state index >= 15 is 0 Å². The van der Waals surface area contributed by atoms with Crippen LogP contribution in [0.2, 0.25) is 0 Å². The van der Waals surface area contributed by atoms with Gasteiger partial charge in [0, 0.05) is 11.6 Å². The molecule has 0 saturated heterocycles. The molecule has 21 heavy (non-hydrogen) atoms. The van der Waals surface area contributed by atoms with Gasteiger partial charge in [0.1, 0.15) is 17.5 Å². The fraction of sp³-hybridized carbons (Fsp3) is 0.562. The van der Waals surface area contributed by atoms with Gasteiger partial charge in [-0.15, -0.1) is 0 Å². The zero-order valence-electron chi connectivity index (χ0n) is 12.8. The van der Waals surface area contributed by atoms with Gasteiger partial charge in [0.25, 0.3) is 0 Å². The van der Waals surface area contributed by atoms with E-state index in [1.807, 2.05) is 12.1 Å². The number of methoxy groups -OCH3 is 3. The van der Waals surface area contributed by atoms with Gasteiger partial charge in [0.2, 0.25) is 0 Å². The van der Waals surface area contributed by atoms with Crippen LogP contribution in [0.15, 0.2) is 18.2 Å². The third kappa shape index (κ3) is 3.67. The molecule has 1 atom stereocenters. The predicted octanol–water partition coefficient (Wildman–Crippen LogP) is 2.45. The Labute approximate surface area is 125 Å². The van der Waals surface area contributed by atoms with Crippen molar-refractivity contribution in [1.29, 1.82) is 0 Å². The van der Waals surface area contributed by atoms with E-state index < -0.39 is 6.04 Å². The molecule has 1 fully saturated rings. The molecule has 1 aliphatic rings. The third-order valence-electron chi connectivity index (χ3n) is 3.94. The maximum absolute atomic E-state index is 12.2. The van der Waals surface area contributed by atoms with E-state index in [-0.39, 0.29) is 5.97 Å². The maximum atomic E-state index is 12.2. The molecule has 0 amide bonds. The van der Waals surface area contributed by atoms with E-state index in [9.17, 15) is 4.79 Å². The highest BCUT2D eigenvalue weighted by Gasteiger charge is 2.29. The second kappa shape index (κ2) is 7.31. The van der Waals surface area contributed by atoms with Gasteiger partial charge in [0.05, 0.1) is 21.3 Å². The minimum Gasteiger partial charge on any atom is -0.497 e. The molecule has 1 saturated carbocycles. The summed E-state index contributed by atoms with van der Waals surface area (Å²) in [6, 6.07) is 5.24. The fourth-order valence-electron chi connectivity index (χ4n) is 2.80. The van der Waals surface area contributed by atoms with Crippen molar-refractivity contribution in [3.8, 4) is 11.5 Å². The number of benzene rings is 1. The van der Waals surface area contributed by atoms with Crippen LogP contribution in [-0.2, 0) is 9.53 Å². The van der Waals surface area contributed by atoms with Crippen LogP contribution in [0.25, 0.3) is 0 Å². The van der Waals surface area contributed by atoms with Crippen LogP contribution < -0.4 is 14.8 Å². The molecule has 0 aliphatic heterocycles. The molecule has 1 aliphatic carbocycles. The number of nitrogens with one attached hydrogen (secondary N) is 1. The Morgan fingerprint density at radius 1 is 1.19 bits per heavy atom. The molecule has 0 spiro atoms. The number of esters is 1. The standard InChI is InChI=1S/C16H23NO4/c1-19-12-8-9-14(20-2)13(10-12)15(16(18)21-3)17-11-6-4-5-7-11/h8-11,15,17H,4-7H2,1-3H3. The van der Waals surface area contributed by atoms with Crippen LogP contribution >= 0.6 is 0 Å². The summed E-state index contributed by atoms with van der Waals surface area (Å²) in [5.74, 6) is 1.03. The Balaban J connectivity index is 2.31. The van der Waals surface area contributed by atoms with E-state index in [1.165, 1.54) is 20.0 Å². The summed E-state index contributed by atoms with van der Waals surface area (Å²) in [5, 5.41) is 3.40. The second-order valence-corrected chi connectivity index (χ2v) is 5.21. The summed E-state index contributed by atoms with van der Waals surface area (Å²) in [6.45, 7) is 0. The van der Waals surface area contributed by atoms with Gasteiger partial charge in [-0.3, -0.25) is 5.32 Å². The highest BCUT2D eigenvalue weighted by Crippen LogP contribution is 2.32. The number of ether oxygens (including phenoxy) is 3. The van der Waals surface area contributed by atoms with Crippen molar-refractivity contribution < 1.29 is 19.0 Å². The molecule has 1 unspecified atom stereocenters. The highest BCUT2D eigenvalue weighted by atomic mass is 16.5. The van der Waals surface area contributed by atoms with E-state index in [4.69, 9.17) is 14.2 Å². The molecule has 2 rings (SSSR count). The highest BCUT2D eigenvalue weighted by molar-refractivity contribution is 5.79. The molecule has 116 valence electrons. The largest absolute Gasteiger partial charge is 0.497 e. The molecule has 0 bridgehead atoms. The van der Waals surface area contributed by atoms with Crippen molar-refractivity contribution in [2.45, 2.75) is 37.8 Å². The van der Waals surface area contributed by atoms with Crippen LogP contribution in [0.3, 0.4) is 0 Å². The summed E-state index contributed by atoms with van der Waals surface area (Å²) < 4.78 is 15.6. The first-order chi connectivity index (χ1) is 10.2. The Hall–Kier alpha value is -1.75. The molecule has 1 aromatic rings. The smallest absolute Gasteiger partial charge is 0.327 e. The lowest BCUT2D eigenvalue weighted by molar-refractivity contribution is -0.143. The lowest BCUT2D eigenvalue weighted by Crippen LogP contribution is -2.36. The molecule has 0 aromatic heterocycles. The number of hydrogen-bond donors (Lipinski definition) is 1. The zero-order chi connectivity index (χ0) is 15.2. The first kappa shape index (κ1) is 15.6. The van der Waals surface area contributed by atoms with Crippen molar-refractivity contribution in [3.05, 3.63) is 23.8 Å². The van der Waals surface area contributed by atoms with Gasteiger partial charge in [0.15, 0.2) is 0 Å². The molecule has 1 N–H and O–H groups in total. The molecule has 0 heterocycles. The quantitative estimate of drug-likeness (QED) is 0.816. The SMILES string of the molecule is COC(=O)C(NC1CCCC1)c1cc(OC)ccc1OC. The van der Waals surface area contributed by atoms with Gasteiger partial charge in [-0.2, -0.15) is 0 Å². The first-order valence-electron chi connectivity index (χ1n) is 7.25. The van der Waals surface area contributed by atoms with Crippen LogP contribution in [0.1, 0.15) is 37.3 Å². The maximum Gasteiger partial charge on any atom is 0.327 e. The van der Waals surface area contributed by atoms with Gasteiger partial charge in [-0.25, -0.2) is 4.79 Å². The number of hydrogen-bond acceptors (Lipinski definition) is 5. The third-order valence-corrected chi connectivity index (χ3v) is 3.94. The molecule has 1 aromatic carbocycles. The first-order valence-corrected chi connectivity index (χ1v) is 7.25. The molecular formula is C16H23NO4. The van der Waals surface area contributed by atoms with Crippen molar-refractivity contribution in [1.82, 2.24) is 5.32 Å². The average Bonchev–Trinajstić information content (AvgIpc) is 3.04. The Morgan fingerprint density at radius 3 is 2.48 bits per heavy atom. The van der Waals surface area contributed by atoms with Crippen LogP contribution in [0, 0.1) is 0 Å². The molecule has 5 nitrogen and oxygen atoms in total. The van der Waals surface area contributed by atoms with Crippen molar-refractivity contribution in [2.75, 3.05) is 21.3 Å². The minimum absolute atomic E-state index is 0.312. The van der Waals surface area contributed by atoms with E-state index in [0.717, 1.165) is 18.4 Å². The van der Waals surface area contributed by atoms with E-state index in [2.05, 4.69) is 5.32 Å². The summed E-state index contributed by atoms with van der Waals surface area (Å²) in [6.07, 6.45) is 4.56. The van der Waals surface area contributed by atoms with Gasteiger partial charge in [-0.1, -0.05) is 12.8 Å². The monoisotopic (exact) mass is 293 g/mol. The van der Waals surface area contributed by atoms with Crippen LogP contribution in [-0.4, -0.2) is 33.3 Å². The summed E-state index contributed by atoms with van der Waals surface area (Å²) in [7, 11) is 4.59. The lowest BCUT2D eigenvalue weighted by atomic mass is 10.0. The number of carbonyl (C=O) groups excluding carboxylic acids is 1. The van der Waals surface area contributed by atoms with Crippen molar-refractivity contribution >= 4 is 5.97 Å². The van der Waals surface area contributed by atoms with Crippen molar-refractivity contribution in [2.24, 2.45) is 0 Å². The zero-order valence-corrected chi connectivity index (χ0v) is 12.8. The van der Waals surface area contributed by atoms with E-state index in [1.54, 1.807) is 20.3 Å². The number of rotatable bonds is 6. The Kier molecular flexibility index (Phi) is 5.44. The van der Waals surface area contributed by atoms with Gasteiger partial charge in [-0.05, 0) is 31.0 Å². The normalized spacial score (nSPS) is 16.5. The topological polar surface area (TPSA) is 56.8 Å². The van der Waals surface area contributed by atoms with Crippen LogP contribution in [0.4, 0.5) is 0 Å². The van der Waals surface area contributed by atoms with E-state index in [0.29, 0.717) is 17.5 Å². The average molecular weight is 293 g/mol. The summed E-state index contributed by atoms with van der Waals surface area (Å²) >= 11 is 0.